The first-order valence-corrected chi connectivity index (χ1v) is 6.88. The van der Waals surface area contributed by atoms with Crippen molar-refractivity contribution in [2.45, 2.75) is 31.6 Å². The second-order valence-electron chi connectivity index (χ2n) is 5.24. The van der Waals surface area contributed by atoms with Gasteiger partial charge in [-0.3, -0.25) is 4.90 Å². The molecule has 0 spiro atoms. The lowest BCUT2D eigenvalue weighted by atomic mass is 10.1. The van der Waals surface area contributed by atoms with Crippen LogP contribution in [0.2, 0.25) is 0 Å². The molecular formula is C15H24N2O2. The zero-order valence-electron chi connectivity index (χ0n) is 11.8. The molecule has 0 saturated carbocycles. The predicted molar refractivity (Wildman–Crippen MR) is 76.3 cm³/mol. The number of ether oxygens (including phenoxy) is 2. The molecule has 1 saturated heterocycles. The Labute approximate surface area is 115 Å². The van der Waals surface area contributed by atoms with Crippen LogP contribution in [-0.4, -0.2) is 44.4 Å². The van der Waals surface area contributed by atoms with E-state index in [9.17, 15) is 0 Å². The van der Waals surface area contributed by atoms with Gasteiger partial charge in [-0.2, -0.15) is 0 Å². The number of nitrogens with zero attached hydrogens (tertiary/aromatic N) is 1. The van der Waals surface area contributed by atoms with Gasteiger partial charge >= 0.3 is 0 Å². The fourth-order valence-corrected chi connectivity index (χ4v) is 2.54. The molecule has 0 aliphatic carbocycles. The van der Waals surface area contributed by atoms with Crippen LogP contribution in [0.4, 0.5) is 0 Å². The van der Waals surface area contributed by atoms with E-state index in [0.29, 0.717) is 12.6 Å². The molecule has 1 aromatic carbocycles. The molecule has 1 aromatic rings. The molecule has 19 heavy (non-hydrogen) atoms. The van der Waals surface area contributed by atoms with Crippen molar-refractivity contribution < 1.29 is 9.47 Å². The maximum absolute atomic E-state index is 5.87. The van der Waals surface area contributed by atoms with Gasteiger partial charge in [-0.1, -0.05) is 12.1 Å². The summed E-state index contributed by atoms with van der Waals surface area (Å²) in [5.41, 5.74) is 6.92. The SMILES string of the molecule is COc1ccc(CN(C)CC2CCC(CN)O2)cc1. The second-order valence-corrected chi connectivity index (χ2v) is 5.24. The summed E-state index contributed by atoms with van der Waals surface area (Å²) in [6, 6.07) is 8.21. The maximum Gasteiger partial charge on any atom is 0.118 e. The normalized spacial score (nSPS) is 22.9. The van der Waals surface area contributed by atoms with Crippen LogP contribution >= 0.6 is 0 Å². The molecule has 1 heterocycles. The van der Waals surface area contributed by atoms with Crippen LogP contribution in [0.15, 0.2) is 24.3 Å². The van der Waals surface area contributed by atoms with Gasteiger partial charge < -0.3 is 15.2 Å². The summed E-state index contributed by atoms with van der Waals surface area (Å²) >= 11 is 0. The van der Waals surface area contributed by atoms with Gasteiger partial charge in [0.1, 0.15) is 5.75 Å². The number of hydrogen-bond acceptors (Lipinski definition) is 4. The summed E-state index contributed by atoms with van der Waals surface area (Å²) < 4.78 is 11.0. The highest BCUT2D eigenvalue weighted by Gasteiger charge is 2.24. The molecule has 0 aromatic heterocycles. The van der Waals surface area contributed by atoms with Gasteiger partial charge in [-0.25, -0.2) is 0 Å². The number of hydrogen-bond donors (Lipinski definition) is 1. The Morgan fingerprint density at radius 3 is 2.53 bits per heavy atom. The summed E-state index contributed by atoms with van der Waals surface area (Å²) in [4.78, 5) is 2.30. The van der Waals surface area contributed by atoms with Crippen molar-refractivity contribution >= 4 is 0 Å². The lowest BCUT2D eigenvalue weighted by Crippen LogP contribution is -2.30. The molecule has 2 unspecified atom stereocenters. The van der Waals surface area contributed by atoms with Gasteiger partial charge in [0.05, 0.1) is 19.3 Å². The standard InChI is InChI=1S/C15H24N2O2/c1-17(11-15-8-7-14(9-16)19-15)10-12-3-5-13(18-2)6-4-12/h3-6,14-15H,7-11,16H2,1-2H3. The Hall–Kier alpha value is -1.10. The van der Waals surface area contributed by atoms with Crippen LogP contribution in [0, 0.1) is 0 Å². The van der Waals surface area contributed by atoms with Crippen LogP contribution in [-0.2, 0) is 11.3 Å². The first-order valence-electron chi connectivity index (χ1n) is 6.88. The minimum absolute atomic E-state index is 0.263. The van der Waals surface area contributed by atoms with Crippen molar-refractivity contribution in [3.05, 3.63) is 29.8 Å². The van der Waals surface area contributed by atoms with E-state index in [-0.39, 0.29) is 6.10 Å². The average molecular weight is 264 g/mol. The van der Waals surface area contributed by atoms with E-state index in [0.717, 1.165) is 31.7 Å². The number of nitrogens with two attached hydrogens (primary N) is 1. The molecule has 4 nitrogen and oxygen atoms in total. The Morgan fingerprint density at radius 2 is 1.95 bits per heavy atom. The van der Waals surface area contributed by atoms with Crippen LogP contribution in [0.3, 0.4) is 0 Å². The summed E-state index contributed by atoms with van der Waals surface area (Å²) in [5, 5.41) is 0. The fraction of sp³-hybridized carbons (Fsp3) is 0.600. The molecule has 0 bridgehead atoms. The fourth-order valence-electron chi connectivity index (χ4n) is 2.54. The van der Waals surface area contributed by atoms with E-state index in [2.05, 4.69) is 24.1 Å². The third-order valence-electron chi connectivity index (χ3n) is 3.59. The molecule has 1 aliphatic rings. The monoisotopic (exact) mass is 264 g/mol. The molecule has 2 rings (SSSR count). The van der Waals surface area contributed by atoms with E-state index in [1.807, 2.05) is 12.1 Å². The van der Waals surface area contributed by atoms with Gasteiger partial charge in [0.25, 0.3) is 0 Å². The predicted octanol–water partition coefficient (Wildman–Crippen LogP) is 1.63. The second kappa shape index (κ2) is 6.89. The summed E-state index contributed by atoms with van der Waals surface area (Å²) in [5.74, 6) is 0.899. The number of likely N-dealkylation sites (N-methyl/N-ethyl adjacent to an activating group) is 1. The van der Waals surface area contributed by atoms with E-state index in [1.165, 1.54) is 5.56 Å². The molecule has 106 valence electrons. The van der Waals surface area contributed by atoms with Crippen molar-refractivity contribution in [2.24, 2.45) is 5.73 Å². The lowest BCUT2D eigenvalue weighted by Gasteiger charge is -2.21. The zero-order chi connectivity index (χ0) is 13.7. The Balaban J connectivity index is 1.78. The highest BCUT2D eigenvalue weighted by molar-refractivity contribution is 5.27. The topological polar surface area (TPSA) is 47.7 Å². The minimum atomic E-state index is 0.263. The zero-order valence-corrected chi connectivity index (χ0v) is 11.8. The maximum atomic E-state index is 5.87. The Kier molecular flexibility index (Phi) is 5.19. The van der Waals surface area contributed by atoms with Crippen molar-refractivity contribution in [1.82, 2.24) is 4.90 Å². The summed E-state index contributed by atoms with van der Waals surface area (Å²) in [7, 11) is 3.82. The third-order valence-corrected chi connectivity index (χ3v) is 3.59. The van der Waals surface area contributed by atoms with Gasteiger partial charge in [0.2, 0.25) is 0 Å². The first kappa shape index (κ1) is 14.3. The van der Waals surface area contributed by atoms with Gasteiger partial charge in [-0.05, 0) is 37.6 Å². The smallest absolute Gasteiger partial charge is 0.118 e. The van der Waals surface area contributed by atoms with Gasteiger partial charge in [0.15, 0.2) is 0 Å². The molecule has 1 aliphatic heterocycles. The van der Waals surface area contributed by atoms with E-state index in [4.69, 9.17) is 15.2 Å². The van der Waals surface area contributed by atoms with Crippen molar-refractivity contribution in [1.29, 1.82) is 0 Å². The molecule has 0 radical (unpaired) electrons. The number of rotatable bonds is 6. The van der Waals surface area contributed by atoms with Gasteiger partial charge in [-0.15, -0.1) is 0 Å². The summed E-state index contributed by atoms with van der Waals surface area (Å²) in [6.07, 6.45) is 2.81. The Morgan fingerprint density at radius 1 is 1.26 bits per heavy atom. The van der Waals surface area contributed by atoms with Crippen LogP contribution in [0.1, 0.15) is 18.4 Å². The van der Waals surface area contributed by atoms with Crippen LogP contribution in [0.5, 0.6) is 5.75 Å². The molecule has 4 heteroatoms. The van der Waals surface area contributed by atoms with E-state index >= 15 is 0 Å². The van der Waals surface area contributed by atoms with Crippen LogP contribution in [0.25, 0.3) is 0 Å². The van der Waals surface area contributed by atoms with Crippen molar-refractivity contribution in [3.63, 3.8) is 0 Å². The van der Waals surface area contributed by atoms with Crippen molar-refractivity contribution in [3.8, 4) is 5.75 Å². The molecule has 0 amide bonds. The highest BCUT2D eigenvalue weighted by atomic mass is 16.5. The number of benzene rings is 1. The minimum Gasteiger partial charge on any atom is -0.497 e. The van der Waals surface area contributed by atoms with Crippen LogP contribution < -0.4 is 10.5 Å². The first-order chi connectivity index (χ1) is 9.21. The third kappa shape index (κ3) is 4.20. The molecule has 2 N–H and O–H groups in total. The van der Waals surface area contributed by atoms with E-state index < -0.39 is 0 Å². The Bertz CT molecular complexity index is 380. The molecule has 1 fully saturated rings. The molecular weight excluding hydrogens is 240 g/mol. The van der Waals surface area contributed by atoms with E-state index in [1.54, 1.807) is 7.11 Å². The quantitative estimate of drug-likeness (QED) is 0.848. The average Bonchev–Trinajstić information content (AvgIpc) is 2.87. The largest absolute Gasteiger partial charge is 0.497 e. The summed E-state index contributed by atoms with van der Waals surface area (Å²) in [6.45, 7) is 2.53. The number of methoxy groups -OCH3 is 1. The lowest BCUT2D eigenvalue weighted by molar-refractivity contribution is 0.0306. The molecule has 2 atom stereocenters. The highest BCUT2D eigenvalue weighted by Crippen LogP contribution is 2.20. The van der Waals surface area contributed by atoms with Crippen molar-refractivity contribution in [2.75, 3.05) is 27.2 Å². The van der Waals surface area contributed by atoms with Gasteiger partial charge in [0, 0.05) is 19.6 Å².